The molecule has 1 aromatic carbocycles. The van der Waals surface area contributed by atoms with Crippen LogP contribution in [0, 0.1) is 6.92 Å². The van der Waals surface area contributed by atoms with Gasteiger partial charge in [0, 0.05) is 18.2 Å². The lowest BCUT2D eigenvalue weighted by Crippen LogP contribution is -2.31. The number of nitrogens with two attached hydrogens (primary N) is 1. The van der Waals surface area contributed by atoms with E-state index in [9.17, 15) is 4.79 Å². The second kappa shape index (κ2) is 6.89. The molecule has 1 aliphatic rings. The lowest BCUT2D eigenvalue weighted by atomic mass is 9.97. The van der Waals surface area contributed by atoms with Gasteiger partial charge in [-0.2, -0.15) is 0 Å². The first kappa shape index (κ1) is 18.4. The molecule has 7 nitrogen and oxygen atoms in total. The average molecular weight is 378 g/mol. The summed E-state index contributed by atoms with van der Waals surface area (Å²) in [5.41, 5.74) is 10.9. The van der Waals surface area contributed by atoms with E-state index in [1.807, 2.05) is 23.6 Å². The summed E-state index contributed by atoms with van der Waals surface area (Å²) in [6, 6.07) is 4.09. The van der Waals surface area contributed by atoms with Gasteiger partial charge in [0.2, 0.25) is 5.91 Å². The maximum atomic E-state index is 12.1. The third kappa shape index (κ3) is 2.91. The van der Waals surface area contributed by atoms with Crippen molar-refractivity contribution in [3.8, 4) is 5.69 Å². The Kier molecular flexibility index (Phi) is 4.53. The summed E-state index contributed by atoms with van der Waals surface area (Å²) in [6.07, 6.45) is 5.52. The van der Waals surface area contributed by atoms with Crippen molar-refractivity contribution in [3.63, 3.8) is 0 Å². The predicted molar refractivity (Wildman–Crippen MR) is 110 cm³/mol. The Morgan fingerprint density at radius 1 is 1.29 bits per heavy atom. The minimum atomic E-state index is -0.389. The van der Waals surface area contributed by atoms with E-state index in [4.69, 9.17) is 5.73 Å². The first-order chi connectivity index (χ1) is 13.4. The van der Waals surface area contributed by atoms with Crippen molar-refractivity contribution in [2.75, 3.05) is 11.4 Å². The summed E-state index contributed by atoms with van der Waals surface area (Å²) in [6.45, 7) is 9.27. The average Bonchev–Trinajstić information content (AvgIpc) is 3.41. The number of imidazole rings is 1. The third-order valence-corrected chi connectivity index (χ3v) is 5.46. The SMILES string of the molecule is CCN(c1ncnc2c1ncn2-c1c(C)ccc(C(N)=O)c1C1CC1)C(C)C. The Balaban J connectivity index is 1.97. The lowest BCUT2D eigenvalue weighted by Gasteiger charge is -2.26. The smallest absolute Gasteiger partial charge is 0.249 e. The molecule has 146 valence electrons. The van der Waals surface area contributed by atoms with Crippen LogP contribution in [-0.4, -0.2) is 38.0 Å². The van der Waals surface area contributed by atoms with Crippen LogP contribution in [0.2, 0.25) is 0 Å². The van der Waals surface area contributed by atoms with Crippen LogP contribution in [0.4, 0.5) is 5.82 Å². The maximum Gasteiger partial charge on any atom is 0.249 e. The molecule has 0 atom stereocenters. The molecule has 1 aliphatic carbocycles. The number of fused-ring (bicyclic) bond motifs is 1. The molecular weight excluding hydrogens is 352 g/mol. The van der Waals surface area contributed by atoms with E-state index in [0.29, 0.717) is 17.5 Å². The number of nitrogens with zero attached hydrogens (tertiary/aromatic N) is 5. The van der Waals surface area contributed by atoms with Crippen molar-refractivity contribution in [1.29, 1.82) is 0 Å². The van der Waals surface area contributed by atoms with Crippen molar-refractivity contribution >= 4 is 22.9 Å². The van der Waals surface area contributed by atoms with Crippen LogP contribution in [-0.2, 0) is 0 Å². The van der Waals surface area contributed by atoms with Gasteiger partial charge in [0.1, 0.15) is 12.7 Å². The second-order valence-corrected chi connectivity index (χ2v) is 7.69. The van der Waals surface area contributed by atoms with E-state index >= 15 is 0 Å². The molecule has 7 heteroatoms. The number of anilines is 1. The summed E-state index contributed by atoms with van der Waals surface area (Å²) in [5, 5.41) is 0. The zero-order valence-corrected chi connectivity index (χ0v) is 16.8. The highest BCUT2D eigenvalue weighted by molar-refractivity contribution is 5.96. The first-order valence-corrected chi connectivity index (χ1v) is 9.82. The van der Waals surface area contributed by atoms with Crippen LogP contribution in [0.3, 0.4) is 0 Å². The van der Waals surface area contributed by atoms with Gasteiger partial charge in [-0.3, -0.25) is 9.36 Å². The molecule has 3 aromatic rings. The summed E-state index contributed by atoms with van der Waals surface area (Å²) in [4.78, 5) is 28.0. The molecular formula is C21H26N6O. The number of carbonyl (C=O) groups excluding carboxylic acids is 1. The van der Waals surface area contributed by atoms with E-state index in [-0.39, 0.29) is 5.91 Å². The molecule has 0 unspecified atom stereocenters. The van der Waals surface area contributed by atoms with Gasteiger partial charge in [-0.05, 0) is 63.6 Å². The summed E-state index contributed by atoms with van der Waals surface area (Å²) < 4.78 is 1.99. The standard InChI is InChI=1S/C21H26N6O/c1-5-26(12(2)3)20-17-21(24-10-23-20)27(11-25-17)18-13(4)6-9-15(19(22)28)16(18)14-7-8-14/h6,9-12,14H,5,7-8H2,1-4H3,(H2,22,28). The molecule has 2 N–H and O–H groups in total. The molecule has 0 bridgehead atoms. The Hall–Kier alpha value is -2.96. The number of carbonyl (C=O) groups is 1. The number of amides is 1. The number of rotatable bonds is 6. The van der Waals surface area contributed by atoms with Gasteiger partial charge in [0.25, 0.3) is 0 Å². The van der Waals surface area contributed by atoms with Crippen LogP contribution in [0.5, 0.6) is 0 Å². The topological polar surface area (TPSA) is 89.9 Å². The molecule has 2 heterocycles. The summed E-state index contributed by atoms with van der Waals surface area (Å²) >= 11 is 0. The van der Waals surface area contributed by atoms with Crippen LogP contribution >= 0.6 is 0 Å². The number of hydrogen-bond donors (Lipinski definition) is 1. The van der Waals surface area contributed by atoms with Gasteiger partial charge >= 0.3 is 0 Å². The highest BCUT2D eigenvalue weighted by Gasteiger charge is 2.32. The van der Waals surface area contributed by atoms with Crippen molar-refractivity contribution in [3.05, 3.63) is 41.5 Å². The largest absolute Gasteiger partial charge is 0.366 e. The zero-order chi connectivity index (χ0) is 20.0. The number of aryl methyl sites for hydroxylation is 1. The van der Waals surface area contributed by atoms with Crippen LogP contribution < -0.4 is 10.6 Å². The van der Waals surface area contributed by atoms with E-state index in [0.717, 1.165) is 53.2 Å². The molecule has 0 aliphatic heterocycles. The van der Waals surface area contributed by atoms with Gasteiger partial charge in [0.05, 0.1) is 5.69 Å². The van der Waals surface area contributed by atoms with Crippen LogP contribution in [0.15, 0.2) is 24.8 Å². The molecule has 1 fully saturated rings. The Labute approximate surface area is 164 Å². The highest BCUT2D eigenvalue weighted by Crippen LogP contribution is 2.45. The van der Waals surface area contributed by atoms with E-state index in [1.165, 1.54) is 0 Å². The molecule has 0 spiro atoms. The van der Waals surface area contributed by atoms with Crippen molar-refractivity contribution in [1.82, 2.24) is 19.5 Å². The van der Waals surface area contributed by atoms with Gasteiger partial charge in [0.15, 0.2) is 17.0 Å². The van der Waals surface area contributed by atoms with Crippen molar-refractivity contribution in [2.24, 2.45) is 5.73 Å². The number of benzene rings is 1. The first-order valence-electron chi connectivity index (χ1n) is 9.82. The molecule has 1 amide bonds. The zero-order valence-electron chi connectivity index (χ0n) is 16.8. The predicted octanol–water partition coefficient (Wildman–Crippen LogP) is 3.33. The van der Waals surface area contributed by atoms with Gasteiger partial charge in [-0.15, -0.1) is 0 Å². The quantitative estimate of drug-likeness (QED) is 0.710. The molecule has 0 radical (unpaired) electrons. The van der Waals surface area contributed by atoms with E-state index < -0.39 is 0 Å². The fraction of sp³-hybridized carbons (Fsp3) is 0.429. The van der Waals surface area contributed by atoms with Gasteiger partial charge < -0.3 is 10.6 Å². The Bertz CT molecular complexity index is 1050. The number of aromatic nitrogens is 4. The van der Waals surface area contributed by atoms with Gasteiger partial charge in [-0.1, -0.05) is 6.07 Å². The number of primary amides is 1. The minimum Gasteiger partial charge on any atom is -0.366 e. The third-order valence-electron chi connectivity index (χ3n) is 5.46. The van der Waals surface area contributed by atoms with Crippen LogP contribution in [0.25, 0.3) is 16.9 Å². The fourth-order valence-electron chi connectivity index (χ4n) is 3.99. The summed E-state index contributed by atoms with van der Waals surface area (Å²) in [5.74, 6) is 0.803. The van der Waals surface area contributed by atoms with E-state index in [1.54, 1.807) is 12.7 Å². The lowest BCUT2D eigenvalue weighted by molar-refractivity contribution is 0.0999. The van der Waals surface area contributed by atoms with E-state index in [2.05, 4.69) is 40.6 Å². The molecule has 2 aromatic heterocycles. The second-order valence-electron chi connectivity index (χ2n) is 7.69. The Morgan fingerprint density at radius 3 is 2.64 bits per heavy atom. The fourth-order valence-corrected chi connectivity index (χ4v) is 3.99. The Morgan fingerprint density at radius 2 is 2.04 bits per heavy atom. The highest BCUT2D eigenvalue weighted by atomic mass is 16.1. The van der Waals surface area contributed by atoms with Crippen molar-refractivity contribution in [2.45, 2.75) is 52.5 Å². The summed E-state index contributed by atoms with van der Waals surface area (Å²) in [7, 11) is 0. The van der Waals surface area contributed by atoms with Crippen LogP contribution in [0.1, 0.15) is 61.0 Å². The molecule has 28 heavy (non-hydrogen) atoms. The minimum absolute atomic E-state index is 0.301. The van der Waals surface area contributed by atoms with Gasteiger partial charge in [-0.25, -0.2) is 15.0 Å². The molecule has 4 rings (SSSR count). The normalized spacial score (nSPS) is 14.0. The van der Waals surface area contributed by atoms with Crippen molar-refractivity contribution < 1.29 is 4.79 Å². The maximum absolute atomic E-state index is 12.1. The number of hydrogen-bond acceptors (Lipinski definition) is 5. The monoisotopic (exact) mass is 378 g/mol. The molecule has 0 saturated heterocycles. The molecule has 1 saturated carbocycles.